The number of amides is 1. The van der Waals surface area contributed by atoms with E-state index < -0.39 is 0 Å². The Morgan fingerprint density at radius 2 is 2.45 bits per heavy atom. The summed E-state index contributed by atoms with van der Waals surface area (Å²) in [5.41, 5.74) is 0.617. The van der Waals surface area contributed by atoms with Crippen molar-refractivity contribution in [2.75, 3.05) is 6.73 Å². The molecule has 1 saturated heterocycles. The third kappa shape index (κ3) is 1.28. The Balaban J connectivity index is 2.72. The molecule has 0 radical (unpaired) electrons. The van der Waals surface area contributed by atoms with Gasteiger partial charge >= 0.3 is 0 Å². The SMILES string of the molecule is C=C1CC(CC)N(CO)C1=O. The van der Waals surface area contributed by atoms with E-state index in [4.69, 9.17) is 5.11 Å². The molecule has 3 heteroatoms. The van der Waals surface area contributed by atoms with Crippen molar-refractivity contribution >= 4 is 5.91 Å². The molecule has 0 spiro atoms. The second-order valence-corrected chi connectivity index (χ2v) is 2.79. The average molecular weight is 155 g/mol. The molecular formula is C8H13NO2. The molecule has 1 amide bonds. The second kappa shape index (κ2) is 3.05. The molecule has 1 atom stereocenters. The zero-order valence-electron chi connectivity index (χ0n) is 6.71. The van der Waals surface area contributed by atoms with Gasteiger partial charge in [0, 0.05) is 11.6 Å². The van der Waals surface area contributed by atoms with E-state index in [-0.39, 0.29) is 18.7 Å². The summed E-state index contributed by atoms with van der Waals surface area (Å²) >= 11 is 0. The maximum Gasteiger partial charge on any atom is 0.251 e. The number of nitrogens with zero attached hydrogens (tertiary/aromatic N) is 1. The average Bonchev–Trinajstić information content (AvgIpc) is 2.28. The standard InChI is InChI=1S/C8H13NO2/c1-3-7-4-6(2)8(11)9(7)5-10/h7,10H,2-5H2,1H3. The summed E-state index contributed by atoms with van der Waals surface area (Å²) in [5, 5.41) is 8.82. The number of aliphatic hydroxyl groups is 1. The van der Waals surface area contributed by atoms with Crippen molar-refractivity contribution in [3.05, 3.63) is 12.2 Å². The van der Waals surface area contributed by atoms with Crippen molar-refractivity contribution in [2.24, 2.45) is 0 Å². The van der Waals surface area contributed by atoms with Gasteiger partial charge in [0.2, 0.25) is 0 Å². The topological polar surface area (TPSA) is 40.5 Å². The summed E-state index contributed by atoms with van der Waals surface area (Å²) in [6.07, 6.45) is 1.58. The molecule has 0 bridgehead atoms. The minimum Gasteiger partial charge on any atom is -0.376 e. The van der Waals surface area contributed by atoms with Crippen LogP contribution >= 0.6 is 0 Å². The van der Waals surface area contributed by atoms with Crippen molar-refractivity contribution in [2.45, 2.75) is 25.8 Å². The van der Waals surface area contributed by atoms with E-state index >= 15 is 0 Å². The molecule has 62 valence electrons. The van der Waals surface area contributed by atoms with Crippen molar-refractivity contribution < 1.29 is 9.90 Å². The van der Waals surface area contributed by atoms with E-state index in [0.717, 1.165) is 6.42 Å². The van der Waals surface area contributed by atoms with E-state index in [1.54, 1.807) is 0 Å². The minimum atomic E-state index is -0.184. The predicted octanol–water partition coefficient (Wildman–Crippen LogP) is 0.503. The highest BCUT2D eigenvalue weighted by Gasteiger charge is 2.31. The Bertz CT molecular complexity index is 189. The molecule has 1 aliphatic rings. The Labute approximate surface area is 66.3 Å². The number of carbonyl (C=O) groups excluding carboxylic acids is 1. The maximum atomic E-state index is 11.2. The molecule has 1 fully saturated rings. The first-order valence-corrected chi connectivity index (χ1v) is 3.80. The van der Waals surface area contributed by atoms with Gasteiger partial charge in [-0.15, -0.1) is 0 Å². The first kappa shape index (κ1) is 8.27. The summed E-state index contributed by atoms with van der Waals surface area (Å²) in [4.78, 5) is 12.6. The van der Waals surface area contributed by atoms with Crippen LogP contribution in [0.3, 0.4) is 0 Å². The number of rotatable bonds is 2. The lowest BCUT2D eigenvalue weighted by Gasteiger charge is -2.19. The van der Waals surface area contributed by atoms with E-state index in [9.17, 15) is 4.79 Å². The molecule has 1 rings (SSSR count). The Hall–Kier alpha value is -0.830. The van der Waals surface area contributed by atoms with Gasteiger partial charge in [0.25, 0.3) is 5.91 Å². The molecule has 1 unspecified atom stereocenters. The Morgan fingerprint density at radius 3 is 2.82 bits per heavy atom. The Kier molecular flexibility index (Phi) is 2.29. The maximum absolute atomic E-state index is 11.2. The third-order valence-corrected chi connectivity index (χ3v) is 2.11. The lowest BCUT2D eigenvalue weighted by Crippen LogP contribution is -2.33. The van der Waals surface area contributed by atoms with E-state index in [0.29, 0.717) is 12.0 Å². The minimum absolute atomic E-state index is 0.0978. The number of aliphatic hydroxyl groups excluding tert-OH is 1. The van der Waals surface area contributed by atoms with Crippen LogP contribution in [0.4, 0.5) is 0 Å². The molecule has 1 heterocycles. The molecule has 0 aromatic rings. The molecule has 3 nitrogen and oxygen atoms in total. The van der Waals surface area contributed by atoms with Gasteiger partial charge in [-0.05, 0) is 12.8 Å². The molecule has 1 N–H and O–H groups in total. The quantitative estimate of drug-likeness (QED) is 0.590. The van der Waals surface area contributed by atoms with Crippen molar-refractivity contribution in [3.8, 4) is 0 Å². The van der Waals surface area contributed by atoms with Gasteiger partial charge in [0.05, 0.1) is 0 Å². The zero-order chi connectivity index (χ0) is 8.43. The van der Waals surface area contributed by atoms with Crippen LogP contribution in [-0.2, 0) is 4.79 Å². The molecule has 0 aromatic heterocycles. The van der Waals surface area contributed by atoms with Crippen LogP contribution < -0.4 is 0 Å². The molecule has 11 heavy (non-hydrogen) atoms. The predicted molar refractivity (Wildman–Crippen MR) is 41.8 cm³/mol. The first-order chi connectivity index (χ1) is 5.20. The van der Waals surface area contributed by atoms with Crippen molar-refractivity contribution in [3.63, 3.8) is 0 Å². The number of hydrogen-bond donors (Lipinski definition) is 1. The summed E-state index contributed by atoms with van der Waals surface area (Å²) in [6, 6.07) is 0.167. The van der Waals surface area contributed by atoms with Gasteiger partial charge in [0.1, 0.15) is 6.73 Å². The molecule has 0 aliphatic carbocycles. The lowest BCUT2D eigenvalue weighted by molar-refractivity contribution is -0.129. The zero-order valence-corrected chi connectivity index (χ0v) is 6.71. The number of hydrogen-bond acceptors (Lipinski definition) is 2. The van der Waals surface area contributed by atoms with Gasteiger partial charge in [-0.1, -0.05) is 13.5 Å². The van der Waals surface area contributed by atoms with Gasteiger partial charge in [-0.3, -0.25) is 4.79 Å². The summed E-state index contributed by atoms with van der Waals surface area (Å²) in [6.45, 7) is 5.44. The highest BCUT2D eigenvalue weighted by molar-refractivity contribution is 5.95. The van der Waals surface area contributed by atoms with E-state index in [1.165, 1.54) is 4.90 Å². The Morgan fingerprint density at radius 1 is 1.82 bits per heavy atom. The van der Waals surface area contributed by atoms with E-state index in [2.05, 4.69) is 6.58 Å². The second-order valence-electron chi connectivity index (χ2n) is 2.79. The normalized spacial score (nSPS) is 24.9. The summed E-state index contributed by atoms with van der Waals surface area (Å²) < 4.78 is 0. The third-order valence-electron chi connectivity index (χ3n) is 2.11. The monoisotopic (exact) mass is 155 g/mol. The fourth-order valence-electron chi connectivity index (χ4n) is 1.40. The molecule has 1 aliphatic heterocycles. The smallest absolute Gasteiger partial charge is 0.251 e. The molecule has 0 saturated carbocycles. The highest BCUT2D eigenvalue weighted by Crippen LogP contribution is 2.23. The highest BCUT2D eigenvalue weighted by atomic mass is 16.3. The fourth-order valence-corrected chi connectivity index (χ4v) is 1.40. The fraction of sp³-hybridized carbons (Fsp3) is 0.625. The lowest BCUT2D eigenvalue weighted by atomic mass is 10.1. The van der Waals surface area contributed by atoms with Crippen LogP contribution in [0.2, 0.25) is 0 Å². The van der Waals surface area contributed by atoms with Gasteiger partial charge in [0.15, 0.2) is 0 Å². The van der Waals surface area contributed by atoms with Crippen molar-refractivity contribution in [1.29, 1.82) is 0 Å². The number of likely N-dealkylation sites (tertiary alicyclic amines) is 1. The molecular weight excluding hydrogens is 142 g/mol. The van der Waals surface area contributed by atoms with Crippen LogP contribution in [-0.4, -0.2) is 28.7 Å². The van der Waals surface area contributed by atoms with Crippen LogP contribution in [0, 0.1) is 0 Å². The molecule has 0 aromatic carbocycles. The summed E-state index contributed by atoms with van der Waals surface area (Å²) in [7, 11) is 0. The number of carbonyl (C=O) groups is 1. The largest absolute Gasteiger partial charge is 0.376 e. The van der Waals surface area contributed by atoms with Crippen LogP contribution in [0.15, 0.2) is 12.2 Å². The van der Waals surface area contributed by atoms with Gasteiger partial charge in [-0.25, -0.2) is 0 Å². The van der Waals surface area contributed by atoms with Crippen LogP contribution in [0.25, 0.3) is 0 Å². The summed E-state index contributed by atoms with van der Waals surface area (Å²) in [5.74, 6) is -0.0978. The van der Waals surface area contributed by atoms with Crippen molar-refractivity contribution in [1.82, 2.24) is 4.90 Å². The van der Waals surface area contributed by atoms with Gasteiger partial charge in [-0.2, -0.15) is 0 Å². The van der Waals surface area contributed by atoms with Crippen LogP contribution in [0.1, 0.15) is 19.8 Å². The van der Waals surface area contributed by atoms with E-state index in [1.807, 2.05) is 6.92 Å². The van der Waals surface area contributed by atoms with Gasteiger partial charge < -0.3 is 10.0 Å². The van der Waals surface area contributed by atoms with Crippen LogP contribution in [0.5, 0.6) is 0 Å². The first-order valence-electron chi connectivity index (χ1n) is 3.80.